The summed E-state index contributed by atoms with van der Waals surface area (Å²) in [7, 11) is 0. The third-order valence-electron chi connectivity index (χ3n) is 4.19. The summed E-state index contributed by atoms with van der Waals surface area (Å²) in [6.07, 6.45) is 10.2. The maximum absolute atomic E-state index is 6.05. The van der Waals surface area contributed by atoms with Crippen LogP contribution in [0.5, 0.6) is 0 Å². The first-order chi connectivity index (χ1) is 9.24. The van der Waals surface area contributed by atoms with Crippen molar-refractivity contribution in [3.63, 3.8) is 0 Å². The van der Waals surface area contributed by atoms with Gasteiger partial charge in [-0.3, -0.25) is 0 Å². The van der Waals surface area contributed by atoms with Crippen LogP contribution in [0.4, 0.5) is 0 Å². The molecule has 0 radical (unpaired) electrons. The fraction of sp³-hybridized carbons (Fsp3) is 1.00. The van der Waals surface area contributed by atoms with Crippen LogP contribution in [0.2, 0.25) is 0 Å². The molecule has 0 aromatic rings. The first-order valence-electron chi connectivity index (χ1n) is 8.22. The lowest BCUT2D eigenvalue weighted by atomic mass is 9.98. The van der Waals surface area contributed by atoms with E-state index in [1.54, 1.807) is 0 Å². The number of rotatable bonds is 7. The van der Waals surface area contributed by atoms with E-state index in [4.69, 9.17) is 9.47 Å². The number of hydrogen-bond acceptors (Lipinski definition) is 3. The van der Waals surface area contributed by atoms with Crippen LogP contribution < -0.4 is 5.32 Å². The molecule has 2 atom stereocenters. The second-order valence-corrected chi connectivity index (χ2v) is 6.60. The molecule has 0 aromatic heterocycles. The summed E-state index contributed by atoms with van der Waals surface area (Å²) in [5, 5.41) is 3.49. The quantitative estimate of drug-likeness (QED) is 0.770. The van der Waals surface area contributed by atoms with Crippen LogP contribution >= 0.6 is 0 Å². The van der Waals surface area contributed by atoms with Gasteiger partial charge in [0.2, 0.25) is 0 Å². The van der Waals surface area contributed by atoms with Crippen LogP contribution in [0.15, 0.2) is 0 Å². The minimum Gasteiger partial charge on any atom is -0.376 e. The topological polar surface area (TPSA) is 30.5 Å². The lowest BCUT2D eigenvalue weighted by molar-refractivity contribution is -0.0498. The fourth-order valence-corrected chi connectivity index (χ4v) is 3.06. The van der Waals surface area contributed by atoms with Gasteiger partial charge in [-0.05, 0) is 38.1 Å². The Hall–Kier alpha value is -0.120. The van der Waals surface area contributed by atoms with Gasteiger partial charge in [-0.15, -0.1) is 0 Å². The molecular formula is C16H31NO2. The summed E-state index contributed by atoms with van der Waals surface area (Å²) < 4.78 is 12.1. The number of nitrogens with one attached hydrogen (secondary N) is 1. The third kappa shape index (κ3) is 5.80. The maximum atomic E-state index is 6.05. The molecule has 1 saturated heterocycles. The molecule has 0 amide bonds. The Balaban J connectivity index is 1.54. The van der Waals surface area contributed by atoms with E-state index in [1.165, 1.54) is 44.9 Å². The molecule has 1 heterocycles. The van der Waals surface area contributed by atoms with Gasteiger partial charge in [-0.1, -0.05) is 33.1 Å². The molecule has 2 rings (SSSR count). The van der Waals surface area contributed by atoms with Gasteiger partial charge in [-0.25, -0.2) is 0 Å². The largest absolute Gasteiger partial charge is 0.376 e. The van der Waals surface area contributed by atoms with Crippen LogP contribution in [0.25, 0.3) is 0 Å². The zero-order valence-electron chi connectivity index (χ0n) is 12.7. The number of ether oxygens (including phenoxy) is 2. The van der Waals surface area contributed by atoms with Crippen molar-refractivity contribution < 1.29 is 9.47 Å². The highest BCUT2D eigenvalue weighted by Gasteiger charge is 2.26. The molecule has 2 fully saturated rings. The van der Waals surface area contributed by atoms with Crippen molar-refractivity contribution in [1.82, 2.24) is 5.32 Å². The van der Waals surface area contributed by atoms with Crippen molar-refractivity contribution in [3.8, 4) is 0 Å². The van der Waals surface area contributed by atoms with Crippen molar-refractivity contribution in [2.75, 3.05) is 19.7 Å². The van der Waals surface area contributed by atoms with E-state index in [-0.39, 0.29) is 0 Å². The van der Waals surface area contributed by atoms with Crippen molar-refractivity contribution in [2.45, 2.75) is 77.1 Å². The molecule has 2 aliphatic rings. The summed E-state index contributed by atoms with van der Waals surface area (Å²) in [5.74, 6) is 0.715. The minimum atomic E-state index is 0.341. The van der Waals surface area contributed by atoms with Crippen molar-refractivity contribution >= 4 is 0 Å². The zero-order chi connectivity index (χ0) is 13.5. The highest BCUT2D eigenvalue weighted by Crippen LogP contribution is 2.23. The fourth-order valence-electron chi connectivity index (χ4n) is 3.06. The predicted octanol–water partition coefficient (Wildman–Crippen LogP) is 3.13. The van der Waals surface area contributed by atoms with E-state index >= 15 is 0 Å². The summed E-state index contributed by atoms with van der Waals surface area (Å²) in [4.78, 5) is 0. The van der Waals surface area contributed by atoms with Crippen molar-refractivity contribution in [3.05, 3.63) is 0 Å². The summed E-state index contributed by atoms with van der Waals surface area (Å²) in [6.45, 7) is 7.37. The summed E-state index contributed by atoms with van der Waals surface area (Å²) >= 11 is 0. The smallest absolute Gasteiger partial charge is 0.0814 e. The molecule has 1 aliphatic heterocycles. The average Bonchev–Trinajstić information content (AvgIpc) is 2.85. The van der Waals surface area contributed by atoms with Gasteiger partial charge in [0.1, 0.15) is 0 Å². The Morgan fingerprint density at radius 1 is 1.05 bits per heavy atom. The average molecular weight is 269 g/mol. The molecule has 0 bridgehead atoms. The molecule has 112 valence electrons. The zero-order valence-corrected chi connectivity index (χ0v) is 12.7. The van der Waals surface area contributed by atoms with Crippen LogP contribution in [0.3, 0.4) is 0 Å². The molecule has 1 saturated carbocycles. The van der Waals surface area contributed by atoms with E-state index in [0.29, 0.717) is 24.2 Å². The van der Waals surface area contributed by atoms with E-state index in [1.807, 2.05) is 0 Å². The Bertz CT molecular complexity index is 239. The second kappa shape index (κ2) is 8.23. The van der Waals surface area contributed by atoms with Gasteiger partial charge in [0.25, 0.3) is 0 Å². The molecule has 0 aromatic carbocycles. The lowest BCUT2D eigenvalue weighted by Crippen LogP contribution is -2.31. The molecule has 1 N–H and O–H groups in total. The van der Waals surface area contributed by atoms with Crippen molar-refractivity contribution in [1.29, 1.82) is 0 Å². The monoisotopic (exact) mass is 269 g/mol. The second-order valence-electron chi connectivity index (χ2n) is 6.60. The Labute approximate surface area is 118 Å². The Morgan fingerprint density at radius 3 is 2.53 bits per heavy atom. The SMILES string of the molecule is CC(C)CNCC1CCC(COC2CCCCC2)O1. The lowest BCUT2D eigenvalue weighted by Gasteiger charge is -2.23. The van der Waals surface area contributed by atoms with Gasteiger partial charge in [-0.2, -0.15) is 0 Å². The normalized spacial score (nSPS) is 29.2. The Morgan fingerprint density at radius 2 is 1.79 bits per heavy atom. The highest BCUT2D eigenvalue weighted by molar-refractivity contribution is 4.76. The van der Waals surface area contributed by atoms with Gasteiger partial charge < -0.3 is 14.8 Å². The molecule has 2 unspecified atom stereocenters. The maximum Gasteiger partial charge on any atom is 0.0814 e. The minimum absolute atomic E-state index is 0.341. The molecule has 19 heavy (non-hydrogen) atoms. The molecule has 1 aliphatic carbocycles. The van der Waals surface area contributed by atoms with E-state index in [9.17, 15) is 0 Å². The van der Waals surface area contributed by atoms with Crippen LogP contribution in [-0.4, -0.2) is 38.0 Å². The van der Waals surface area contributed by atoms with E-state index in [2.05, 4.69) is 19.2 Å². The third-order valence-corrected chi connectivity index (χ3v) is 4.19. The first-order valence-corrected chi connectivity index (χ1v) is 8.22. The van der Waals surface area contributed by atoms with Gasteiger partial charge in [0.15, 0.2) is 0 Å². The van der Waals surface area contributed by atoms with E-state index in [0.717, 1.165) is 19.7 Å². The molecule has 3 nitrogen and oxygen atoms in total. The summed E-state index contributed by atoms with van der Waals surface area (Å²) in [5.41, 5.74) is 0. The van der Waals surface area contributed by atoms with Gasteiger partial charge in [0, 0.05) is 6.54 Å². The van der Waals surface area contributed by atoms with Gasteiger partial charge in [0.05, 0.1) is 24.9 Å². The van der Waals surface area contributed by atoms with Crippen molar-refractivity contribution in [2.24, 2.45) is 5.92 Å². The standard InChI is InChI=1S/C16H31NO2/c1-13(2)10-17-11-15-8-9-16(19-15)12-18-14-6-4-3-5-7-14/h13-17H,3-12H2,1-2H3. The predicted molar refractivity (Wildman–Crippen MR) is 78.4 cm³/mol. The summed E-state index contributed by atoms with van der Waals surface area (Å²) in [6, 6.07) is 0. The van der Waals surface area contributed by atoms with Gasteiger partial charge >= 0.3 is 0 Å². The van der Waals surface area contributed by atoms with Crippen LogP contribution in [0.1, 0.15) is 58.8 Å². The molecule has 3 heteroatoms. The number of hydrogen-bond donors (Lipinski definition) is 1. The Kier molecular flexibility index (Phi) is 6.62. The van der Waals surface area contributed by atoms with Crippen LogP contribution in [-0.2, 0) is 9.47 Å². The van der Waals surface area contributed by atoms with E-state index < -0.39 is 0 Å². The molecule has 0 spiro atoms. The highest BCUT2D eigenvalue weighted by atomic mass is 16.5. The van der Waals surface area contributed by atoms with Crippen LogP contribution in [0, 0.1) is 5.92 Å². The first kappa shape index (κ1) is 15.3. The molecular weight excluding hydrogens is 238 g/mol.